The summed E-state index contributed by atoms with van der Waals surface area (Å²) in [6.45, 7) is 3.57. The fraction of sp³-hybridized carbons (Fsp3) is 0.381. The number of aryl methyl sites for hydroxylation is 1. The third-order valence-corrected chi connectivity index (χ3v) is 4.84. The van der Waals surface area contributed by atoms with E-state index in [1.807, 2.05) is 24.0 Å². The maximum Gasteiger partial charge on any atom is 0.416 e. The van der Waals surface area contributed by atoms with Crippen molar-refractivity contribution >= 4 is 11.6 Å². The molecule has 1 amide bonds. The van der Waals surface area contributed by atoms with Crippen LogP contribution in [0.4, 0.5) is 18.9 Å². The third kappa shape index (κ3) is 5.13. The molecule has 29 heavy (non-hydrogen) atoms. The molecule has 0 aromatic heterocycles. The molecule has 1 fully saturated rings. The standard InChI is InChI=1S/C21H23F3N2O3/c1-15-6-7-18(19(12-15)28-2)29-14-20(27)26-10-8-25(9-11-26)17-5-3-4-16(13-17)21(22,23)24/h3-7,12-13H,8-11,14H2,1-2H3. The van der Waals surface area contributed by atoms with Crippen LogP contribution in [0.15, 0.2) is 42.5 Å². The van der Waals surface area contributed by atoms with Crippen LogP contribution in [0.25, 0.3) is 0 Å². The van der Waals surface area contributed by atoms with Crippen LogP contribution in [0.2, 0.25) is 0 Å². The molecule has 0 aliphatic carbocycles. The Kier molecular flexibility index (Phi) is 6.20. The van der Waals surface area contributed by atoms with Gasteiger partial charge in [0.2, 0.25) is 0 Å². The number of hydrogen-bond acceptors (Lipinski definition) is 4. The van der Waals surface area contributed by atoms with Crippen molar-refractivity contribution in [1.82, 2.24) is 4.90 Å². The van der Waals surface area contributed by atoms with Crippen molar-refractivity contribution in [2.45, 2.75) is 13.1 Å². The summed E-state index contributed by atoms with van der Waals surface area (Å²) in [4.78, 5) is 16.0. The highest BCUT2D eigenvalue weighted by atomic mass is 19.4. The molecule has 0 N–H and O–H groups in total. The van der Waals surface area contributed by atoms with Gasteiger partial charge in [-0.05, 0) is 42.8 Å². The van der Waals surface area contributed by atoms with Crippen molar-refractivity contribution in [3.8, 4) is 11.5 Å². The first-order chi connectivity index (χ1) is 13.8. The number of piperazine rings is 1. The van der Waals surface area contributed by atoms with E-state index in [1.165, 1.54) is 13.2 Å². The molecule has 1 aliphatic heterocycles. The second kappa shape index (κ2) is 8.63. The van der Waals surface area contributed by atoms with E-state index in [9.17, 15) is 18.0 Å². The Balaban J connectivity index is 1.55. The summed E-state index contributed by atoms with van der Waals surface area (Å²) in [5.74, 6) is 0.887. The van der Waals surface area contributed by atoms with E-state index in [0.717, 1.165) is 17.7 Å². The Morgan fingerprint density at radius 2 is 1.76 bits per heavy atom. The zero-order chi connectivity index (χ0) is 21.0. The summed E-state index contributed by atoms with van der Waals surface area (Å²) in [6, 6.07) is 10.7. The average molecular weight is 408 g/mol. The first kappa shape index (κ1) is 20.8. The summed E-state index contributed by atoms with van der Waals surface area (Å²) in [7, 11) is 1.54. The van der Waals surface area contributed by atoms with Crippen LogP contribution in [0.5, 0.6) is 11.5 Å². The van der Waals surface area contributed by atoms with Crippen molar-refractivity contribution < 1.29 is 27.4 Å². The molecule has 0 radical (unpaired) electrons. The van der Waals surface area contributed by atoms with Crippen LogP contribution in [-0.4, -0.2) is 50.7 Å². The summed E-state index contributed by atoms with van der Waals surface area (Å²) in [6.07, 6.45) is -4.37. The largest absolute Gasteiger partial charge is 0.493 e. The Bertz CT molecular complexity index is 862. The Labute approximate surface area is 167 Å². The fourth-order valence-corrected chi connectivity index (χ4v) is 3.22. The predicted molar refractivity (Wildman–Crippen MR) is 103 cm³/mol. The normalized spacial score (nSPS) is 14.7. The number of halogens is 3. The van der Waals surface area contributed by atoms with Gasteiger partial charge in [-0.1, -0.05) is 12.1 Å². The number of carbonyl (C=O) groups excluding carboxylic acids is 1. The van der Waals surface area contributed by atoms with Crippen LogP contribution >= 0.6 is 0 Å². The first-order valence-electron chi connectivity index (χ1n) is 9.25. The molecule has 1 saturated heterocycles. The minimum absolute atomic E-state index is 0.122. The zero-order valence-electron chi connectivity index (χ0n) is 16.3. The lowest BCUT2D eigenvalue weighted by atomic mass is 10.1. The monoisotopic (exact) mass is 408 g/mol. The molecular formula is C21H23F3N2O3. The SMILES string of the molecule is COc1cc(C)ccc1OCC(=O)N1CCN(c2cccc(C(F)(F)F)c2)CC1. The summed E-state index contributed by atoms with van der Waals surface area (Å²) in [5.41, 5.74) is 0.854. The summed E-state index contributed by atoms with van der Waals surface area (Å²) in [5, 5.41) is 0. The number of anilines is 1. The van der Waals surface area contributed by atoms with E-state index in [0.29, 0.717) is 43.4 Å². The molecule has 3 rings (SSSR count). The van der Waals surface area contributed by atoms with Gasteiger partial charge in [-0.25, -0.2) is 0 Å². The van der Waals surface area contributed by atoms with Crippen molar-refractivity contribution in [3.63, 3.8) is 0 Å². The van der Waals surface area contributed by atoms with Gasteiger partial charge in [0, 0.05) is 31.9 Å². The van der Waals surface area contributed by atoms with Crippen LogP contribution in [0.3, 0.4) is 0 Å². The van der Waals surface area contributed by atoms with Crippen molar-refractivity contribution in [1.29, 1.82) is 0 Å². The van der Waals surface area contributed by atoms with Crippen LogP contribution in [-0.2, 0) is 11.0 Å². The van der Waals surface area contributed by atoms with Crippen LogP contribution < -0.4 is 14.4 Å². The van der Waals surface area contributed by atoms with Gasteiger partial charge in [0.25, 0.3) is 5.91 Å². The number of nitrogens with zero attached hydrogens (tertiary/aromatic N) is 2. The minimum atomic E-state index is -4.37. The molecule has 0 atom stereocenters. The van der Waals surface area contributed by atoms with Gasteiger partial charge in [0.1, 0.15) is 0 Å². The highest BCUT2D eigenvalue weighted by Crippen LogP contribution is 2.32. The second-order valence-corrected chi connectivity index (χ2v) is 6.86. The first-order valence-corrected chi connectivity index (χ1v) is 9.25. The highest BCUT2D eigenvalue weighted by molar-refractivity contribution is 5.78. The topological polar surface area (TPSA) is 42.0 Å². The smallest absolute Gasteiger partial charge is 0.416 e. The van der Waals surface area contributed by atoms with Gasteiger partial charge in [-0.3, -0.25) is 4.79 Å². The number of amides is 1. The van der Waals surface area contributed by atoms with Crippen LogP contribution in [0, 0.1) is 6.92 Å². The lowest BCUT2D eigenvalue weighted by molar-refractivity contribution is -0.137. The lowest BCUT2D eigenvalue weighted by Gasteiger charge is -2.36. The molecule has 2 aromatic carbocycles. The molecule has 1 heterocycles. The predicted octanol–water partition coefficient (Wildman–Crippen LogP) is 3.75. The molecule has 0 unspecified atom stereocenters. The fourth-order valence-electron chi connectivity index (χ4n) is 3.22. The number of rotatable bonds is 5. The van der Waals surface area contributed by atoms with Gasteiger partial charge in [0.05, 0.1) is 12.7 Å². The van der Waals surface area contributed by atoms with Gasteiger partial charge in [-0.15, -0.1) is 0 Å². The minimum Gasteiger partial charge on any atom is -0.493 e. The summed E-state index contributed by atoms with van der Waals surface area (Å²) >= 11 is 0. The highest BCUT2D eigenvalue weighted by Gasteiger charge is 2.31. The number of carbonyl (C=O) groups is 1. The number of benzene rings is 2. The van der Waals surface area contributed by atoms with E-state index >= 15 is 0 Å². The van der Waals surface area contributed by atoms with Crippen molar-refractivity contribution in [3.05, 3.63) is 53.6 Å². The Hall–Kier alpha value is -2.90. The number of hydrogen-bond donors (Lipinski definition) is 0. The molecule has 5 nitrogen and oxygen atoms in total. The quantitative estimate of drug-likeness (QED) is 0.756. The molecule has 0 spiro atoms. The van der Waals surface area contributed by atoms with Gasteiger partial charge in [0.15, 0.2) is 18.1 Å². The average Bonchev–Trinajstić information content (AvgIpc) is 2.72. The molecule has 0 saturated carbocycles. The lowest BCUT2D eigenvalue weighted by Crippen LogP contribution is -2.50. The van der Waals surface area contributed by atoms with E-state index in [4.69, 9.17) is 9.47 Å². The van der Waals surface area contributed by atoms with Crippen LogP contribution in [0.1, 0.15) is 11.1 Å². The Morgan fingerprint density at radius 3 is 2.41 bits per heavy atom. The van der Waals surface area contributed by atoms with Gasteiger partial charge in [-0.2, -0.15) is 13.2 Å². The number of methoxy groups -OCH3 is 1. The third-order valence-electron chi connectivity index (χ3n) is 4.84. The molecule has 156 valence electrons. The zero-order valence-corrected chi connectivity index (χ0v) is 16.3. The van der Waals surface area contributed by atoms with E-state index in [1.54, 1.807) is 17.0 Å². The second-order valence-electron chi connectivity index (χ2n) is 6.86. The summed E-state index contributed by atoms with van der Waals surface area (Å²) < 4.78 is 49.6. The maximum atomic E-state index is 12.9. The van der Waals surface area contributed by atoms with Gasteiger partial charge >= 0.3 is 6.18 Å². The maximum absolute atomic E-state index is 12.9. The number of alkyl halides is 3. The Morgan fingerprint density at radius 1 is 1.03 bits per heavy atom. The van der Waals surface area contributed by atoms with Crippen molar-refractivity contribution in [2.75, 3.05) is 44.8 Å². The van der Waals surface area contributed by atoms with E-state index in [2.05, 4.69) is 0 Å². The van der Waals surface area contributed by atoms with E-state index in [-0.39, 0.29) is 12.5 Å². The van der Waals surface area contributed by atoms with Gasteiger partial charge < -0.3 is 19.3 Å². The molecule has 8 heteroatoms. The molecule has 2 aromatic rings. The van der Waals surface area contributed by atoms with Crippen molar-refractivity contribution in [2.24, 2.45) is 0 Å². The molecular weight excluding hydrogens is 385 g/mol. The number of ether oxygens (including phenoxy) is 2. The molecule has 0 bridgehead atoms. The van der Waals surface area contributed by atoms with E-state index < -0.39 is 11.7 Å². The molecule has 1 aliphatic rings.